The molecular weight excluding hydrogens is 272 g/mol. The first kappa shape index (κ1) is 14.6. The first-order valence-corrected chi connectivity index (χ1v) is 7.77. The first-order valence-electron chi connectivity index (χ1n) is 7.77. The van der Waals surface area contributed by atoms with Crippen LogP contribution in [0.4, 0.5) is 4.79 Å². The zero-order valence-corrected chi connectivity index (χ0v) is 12.7. The third-order valence-corrected chi connectivity index (χ3v) is 5.30. The smallest absolute Gasteiger partial charge is 0.314 e. The van der Waals surface area contributed by atoms with Crippen molar-refractivity contribution in [1.82, 2.24) is 4.90 Å². The first-order chi connectivity index (χ1) is 9.91. The molecule has 4 atom stereocenters. The number of carbonyl (C=O) groups excluding carboxylic acids is 2. The number of ether oxygens (including phenoxy) is 2. The molecule has 3 rings (SSSR count). The van der Waals surface area contributed by atoms with Gasteiger partial charge in [0.2, 0.25) is 0 Å². The minimum atomic E-state index is -0.458. The highest BCUT2D eigenvalue weighted by Crippen LogP contribution is 2.53. The van der Waals surface area contributed by atoms with Crippen LogP contribution in [-0.4, -0.2) is 48.8 Å². The third-order valence-electron chi connectivity index (χ3n) is 5.30. The van der Waals surface area contributed by atoms with Crippen LogP contribution in [0.1, 0.15) is 33.1 Å². The minimum absolute atomic E-state index is 0.0681. The van der Waals surface area contributed by atoms with E-state index in [2.05, 4.69) is 13.8 Å². The fourth-order valence-corrected chi connectivity index (χ4v) is 4.11. The van der Waals surface area contributed by atoms with E-state index in [9.17, 15) is 9.59 Å². The van der Waals surface area contributed by atoms with Gasteiger partial charge in [-0.05, 0) is 19.3 Å². The molecule has 0 bridgehead atoms. The van der Waals surface area contributed by atoms with Gasteiger partial charge in [-0.2, -0.15) is 0 Å². The molecule has 0 radical (unpaired) electrons. The summed E-state index contributed by atoms with van der Waals surface area (Å²) in [6, 6.07) is -0.458. The fraction of sp³-hybridized carbons (Fsp3) is 0.867. The average molecular weight is 296 g/mol. The van der Waals surface area contributed by atoms with Gasteiger partial charge in [0.1, 0.15) is 6.10 Å². The molecule has 3 aliphatic rings. The Morgan fingerprint density at radius 1 is 1.33 bits per heavy atom. The Morgan fingerprint density at radius 3 is 2.81 bits per heavy atom. The largest absolute Gasteiger partial charge is 0.461 e. The molecule has 6 heteroatoms. The van der Waals surface area contributed by atoms with Crippen LogP contribution >= 0.6 is 0 Å². The molecular formula is C15H24N2O4. The third kappa shape index (κ3) is 2.39. The van der Waals surface area contributed by atoms with Gasteiger partial charge in [0.25, 0.3) is 0 Å². The second kappa shape index (κ2) is 5.16. The van der Waals surface area contributed by atoms with Crippen molar-refractivity contribution in [1.29, 1.82) is 0 Å². The number of amides is 2. The van der Waals surface area contributed by atoms with Gasteiger partial charge in [-0.25, -0.2) is 4.79 Å². The molecule has 1 saturated carbocycles. The van der Waals surface area contributed by atoms with Crippen LogP contribution in [0.15, 0.2) is 0 Å². The summed E-state index contributed by atoms with van der Waals surface area (Å²) in [5.74, 6) is -0.104. The molecule has 21 heavy (non-hydrogen) atoms. The van der Waals surface area contributed by atoms with E-state index in [0.717, 1.165) is 25.9 Å². The van der Waals surface area contributed by atoms with Crippen LogP contribution in [0.25, 0.3) is 0 Å². The predicted octanol–water partition coefficient (Wildman–Crippen LogP) is 1.13. The Balaban J connectivity index is 1.60. The highest BCUT2D eigenvalue weighted by molar-refractivity contribution is 5.76. The highest BCUT2D eigenvalue weighted by Gasteiger charge is 2.61. The molecule has 1 aliphatic carbocycles. The lowest BCUT2D eigenvalue weighted by Gasteiger charge is -2.53. The number of fused-ring (bicyclic) bond motifs is 1. The Bertz CT molecular complexity index is 451. The maximum Gasteiger partial charge on any atom is 0.314 e. The van der Waals surface area contributed by atoms with Crippen molar-refractivity contribution >= 4 is 12.0 Å². The quantitative estimate of drug-likeness (QED) is 0.775. The average Bonchev–Trinajstić information content (AvgIpc) is 2.91. The van der Waals surface area contributed by atoms with Gasteiger partial charge < -0.3 is 20.1 Å². The van der Waals surface area contributed by atoms with Gasteiger partial charge in [-0.15, -0.1) is 0 Å². The molecule has 0 spiro atoms. The normalized spacial score (nSPS) is 37.5. The van der Waals surface area contributed by atoms with Gasteiger partial charge in [-0.3, -0.25) is 4.79 Å². The molecule has 2 aliphatic heterocycles. The van der Waals surface area contributed by atoms with Crippen molar-refractivity contribution in [2.24, 2.45) is 23.0 Å². The van der Waals surface area contributed by atoms with E-state index in [-0.39, 0.29) is 29.5 Å². The molecule has 3 fully saturated rings. The zero-order valence-electron chi connectivity index (χ0n) is 12.7. The van der Waals surface area contributed by atoms with Crippen molar-refractivity contribution in [3.63, 3.8) is 0 Å². The molecule has 2 heterocycles. The van der Waals surface area contributed by atoms with E-state index in [0.29, 0.717) is 19.0 Å². The minimum Gasteiger partial charge on any atom is -0.461 e. The van der Waals surface area contributed by atoms with Crippen LogP contribution in [0.2, 0.25) is 0 Å². The molecule has 0 unspecified atom stereocenters. The van der Waals surface area contributed by atoms with E-state index < -0.39 is 6.03 Å². The van der Waals surface area contributed by atoms with E-state index in [1.807, 2.05) is 0 Å². The van der Waals surface area contributed by atoms with E-state index in [4.69, 9.17) is 15.2 Å². The predicted molar refractivity (Wildman–Crippen MR) is 75.4 cm³/mol. The molecule has 2 N–H and O–H groups in total. The molecule has 0 aromatic rings. The SMILES string of the molecule is CC1(C)[C@@H]2OCC[C@@H]2[C@H]1OC(=O)[C@@H]1CCCN(C(N)=O)C1. The molecule has 2 amide bonds. The van der Waals surface area contributed by atoms with Gasteiger partial charge in [-0.1, -0.05) is 13.8 Å². The van der Waals surface area contributed by atoms with E-state index in [1.54, 1.807) is 0 Å². The summed E-state index contributed by atoms with van der Waals surface area (Å²) < 4.78 is 11.5. The van der Waals surface area contributed by atoms with Crippen molar-refractivity contribution in [3.8, 4) is 0 Å². The highest BCUT2D eigenvalue weighted by atomic mass is 16.6. The Morgan fingerprint density at radius 2 is 2.10 bits per heavy atom. The lowest BCUT2D eigenvalue weighted by Crippen LogP contribution is -2.62. The summed E-state index contributed by atoms with van der Waals surface area (Å²) in [5, 5.41) is 0. The van der Waals surface area contributed by atoms with Crippen LogP contribution in [0.5, 0.6) is 0 Å². The zero-order chi connectivity index (χ0) is 15.2. The van der Waals surface area contributed by atoms with E-state index in [1.165, 1.54) is 4.90 Å². The summed E-state index contributed by atoms with van der Waals surface area (Å²) in [7, 11) is 0. The van der Waals surface area contributed by atoms with Crippen molar-refractivity contribution in [2.45, 2.75) is 45.3 Å². The van der Waals surface area contributed by atoms with Crippen LogP contribution in [0, 0.1) is 17.3 Å². The number of likely N-dealkylation sites (tertiary alicyclic amines) is 1. The maximum absolute atomic E-state index is 12.4. The number of urea groups is 1. The maximum atomic E-state index is 12.4. The van der Waals surface area contributed by atoms with Gasteiger partial charge in [0, 0.05) is 31.0 Å². The number of primary amides is 1. The summed E-state index contributed by atoms with van der Waals surface area (Å²) in [6.07, 6.45) is 2.67. The van der Waals surface area contributed by atoms with Crippen molar-refractivity contribution in [2.75, 3.05) is 19.7 Å². The number of hydrogen-bond donors (Lipinski definition) is 1. The Labute approximate surface area is 124 Å². The summed E-state index contributed by atoms with van der Waals surface area (Å²) in [6.45, 7) is 5.95. The standard InChI is InChI=1S/C15H24N2O4/c1-15(2)11-10(5-7-20-11)12(15)21-13(18)9-4-3-6-17(8-9)14(16)19/h9-12H,3-8H2,1-2H3,(H2,16,19)/t9-,10+,11-,12-/m1/s1. The van der Waals surface area contributed by atoms with E-state index >= 15 is 0 Å². The number of hydrogen-bond acceptors (Lipinski definition) is 4. The Kier molecular flexibility index (Phi) is 3.59. The summed E-state index contributed by atoms with van der Waals surface area (Å²) in [4.78, 5) is 25.2. The van der Waals surface area contributed by atoms with Gasteiger partial charge in [0.05, 0.1) is 12.0 Å². The van der Waals surface area contributed by atoms with Crippen LogP contribution in [-0.2, 0) is 14.3 Å². The molecule has 0 aromatic heterocycles. The van der Waals surface area contributed by atoms with Crippen molar-refractivity contribution in [3.05, 3.63) is 0 Å². The number of carbonyl (C=O) groups is 2. The molecule has 2 saturated heterocycles. The number of rotatable bonds is 2. The number of nitrogens with zero attached hydrogens (tertiary/aromatic N) is 1. The van der Waals surface area contributed by atoms with Crippen LogP contribution in [0.3, 0.4) is 0 Å². The Hall–Kier alpha value is -1.30. The number of piperidine rings is 1. The summed E-state index contributed by atoms with van der Waals surface area (Å²) >= 11 is 0. The topological polar surface area (TPSA) is 81.9 Å². The van der Waals surface area contributed by atoms with Crippen molar-refractivity contribution < 1.29 is 19.1 Å². The second-order valence-corrected chi connectivity index (χ2v) is 7.05. The molecule has 118 valence electrons. The lowest BCUT2D eigenvalue weighted by atomic mass is 9.59. The van der Waals surface area contributed by atoms with Gasteiger partial charge >= 0.3 is 12.0 Å². The fourth-order valence-electron chi connectivity index (χ4n) is 4.11. The number of esters is 1. The van der Waals surface area contributed by atoms with Gasteiger partial charge in [0.15, 0.2) is 0 Å². The molecule has 6 nitrogen and oxygen atoms in total. The second-order valence-electron chi connectivity index (χ2n) is 7.05. The van der Waals surface area contributed by atoms with Crippen LogP contribution < -0.4 is 5.73 Å². The monoisotopic (exact) mass is 296 g/mol. The number of nitrogens with two attached hydrogens (primary N) is 1. The lowest BCUT2D eigenvalue weighted by molar-refractivity contribution is -0.213. The summed E-state index contributed by atoms with van der Waals surface area (Å²) in [5.41, 5.74) is 5.18. The molecule has 0 aromatic carbocycles.